The van der Waals surface area contributed by atoms with Gasteiger partial charge in [-0.25, -0.2) is 14.8 Å². The van der Waals surface area contributed by atoms with Crippen molar-refractivity contribution in [2.45, 2.75) is 51.1 Å². The molecular formula is C25H27ClN4O4. The van der Waals surface area contributed by atoms with Gasteiger partial charge in [-0.15, -0.1) is 0 Å². The van der Waals surface area contributed by atoms with Gasteiger partial charge in [-0.1, -0.05) is 30.2 Å². The number of carboxylic acid groups (broad SMARTS) is 1. The second kappa shape index (κ2) is 9.25. The summed E-state index contributed by atoms with van der Waals surface area (Å²) in [6.07, 6.45) is 3.41. The normalized spacial score (nSPS) is 20.2. The lowest BCUT2D eigenvalue weighted by molar-refractivity contribution is -0.143. The first-order valence-corrected chi connectivity index (χ1v) is 12.0. The first-order chi connectivity index (χ1) is 16.4. The van der Waals surface area contributed by atoms with Crippen LogP contribution in [0.2, 0.25) is 5.15 Å². The summed E-state index contributed by atoms with van der Waals surface area (Å²) in [4.78, 5) is 35.2. The second-order valence-electron chi connectivity index (χ2n) is 9.12. The number of methoxy groups -OCH3 is 1. The second-order valence-corrected chi connectivity index (χ2v) is 9.51. The first kappa shape index (κ1) is 22.7. The van der Waals surface area contributed by atoms with Crippen LogP contribution in [0.4, 0.5) is 4.79 Å². The molecule has 2 aromatic heterocycles. The zero-order valence-electron chi connectivity index (χ0n) is 19.0. The van der Waals surface area contributed by atoms with Crippen LogP contribution in [-0.2, 0) is 29.0 Å². The van der Waals surface area contributed by atoms with Gasteiger partial charge >= 0.3 is 12.1 Å². The molecule has 8 nitrogen and oxygen atoms in total. The first-order valence-electron chi connectivity index (χ1n) is 11.6. The van der Waals surface area contributed by atoms with Gasteiger partial charge in [0.2, 0.25) is 0 Å². The van der Waals surface area contributed by atoms with Crippen LogP contribution in [0.3, 0.4) is 0 Å². The van der Waals surface area contributed by atoms with Gasteiger partial charge < -0.3 is 19.3 Å². The number of aliphatic carboxylic acids is 1. The molecule has 1 saturated carbocycles. The van der Waals surface area contributed by atoms with Crippen LogP contribution >= 0.6 is 11.6 Å². The molecule has 178 valence electrons. The molecule has 2 aliphatic rings. The molecule has 0 bridgehead atoms. The Morgan fingerprint density at radius 3 is 2.82 bits per heavy atom. The summed E-state index contributed by atoms with van der Waals surface area (Å²) in [5.74, 6) is -0.182. The molecule has 1 aliphatic carbocycles. The minimum atomic E-state index is -0.741. The molecule has 2 atom stereocenters. The zero-order chi connectivity index (χ0) is 23.8. The van der Waals surface area contributed by atoms with E-state index in [9.17, 15) is 14.7 Å². The standard InChI is InChI=1S/C25H27ClN4O4/c1-34-25(33)29-11-10-15-8-9-20-22(19(15)14-29)28-23(16-4-2-5-17(12-16)24(31)32)30(20)13-18-6-3-7-21(26)27-18/h3,6-9,16-17H,2,4-5,10-14H2,1H3,(H,31,32)/t16-,17-/m0/s1. The minimum Gasteiger partial charge on any atom is -0.481 e. The maximum atomic E-state index is 12.2. The Bertz CT molecular complexity index is 1260. The van der Waals surface area contributed by atoms with E-state index in [1.165, 1.54) is 12.7 Å². The van der Waals surface area contributed by atoms with E-state index in [4.69, 9.17) is 21.3 Å². The maximum Gasteiger partial charge on any atom is 0.409 e. The van der Waals surface area contributed by atoms with Crippen molar-refractivity contribution in [2.24, 2.45) is 5.92 Å². The number of benzene rings is 1. The lowest BCUT2D eigenvalue weighted by Crippen LogP contribution is -2.35. The molecule has 1 amide bonds. The van der Waals surface area contributed by atoms with Gasteiger partial charge in [-0.05, 0) is 49.4 Å². The van der Waals surface area contributed by atoms with Gasteiger partial charge in [0.05, 0.1) is 42.8 Å². The molecule has 0 radical (unpaired) electrons. The largest absolute Gasteiger partial charge is 0.481 e. The number of carboxylic acids is 1. The van der Waals surface area contributed by atoms with Crippen molar-refractivity contribution in [1.82, 2.24) is 19.4 Å². The third kappa shape index (κ3) is 4.22. The van der Waals surface area contributed by atoms with Crippen molar-refractivity contribution in [3.05, 3.63) is 58.1 Å². The third-order valence-electron chi connectivity index (χ3n) is 7.07. The maximum absolute atomic E-state index is 12.2. The van der Waals surface area contributed by atoms with Crippen molar-refractivity contribution in [3.8, 4) is 0 Å². The Morgan fingerprint density at radius 1 is 1.21 bits per heavy atom. The highest BCUT2D eigenvalue weighted by Crippen LogP contribution is 2.39. The van der Waals surface area contributed by atoms with Crippen LogP contribution in [-0.4, -0.2) is 50.3 Å². The molecule has 0 spiro atoms. The lowest BCUT2D eigenvalue weighted by Gasteiger charge is -2.27. The Morgan fingerprint density at radius 2 is 2.06 bits per heavy atom. The van der Waals surface area contributed by atoms with Crippen molar-refractivity contribution < 1.29 is 19.4 Å². The number of carbonyl (C=O) groups is 2. The summed E-state index contributed by atoms with van der Waals surface area (Å²) in [6, 6.07) is 9.75. The van der Waals surface area contributed by atoms with Gasteiger partial charge in [-0.3, -0.25) is 4.79 Å². The number of rotatable bonds is 4. The number of fused-ring (bicyclic) bond motifs is 3. The monoisotopic (exact) mass is 482 g/mol. The van der Waals surface area contributed by atoms with Crippen LogP contribution in [0.15, 0.2) is 30.3 Å². The summed E-state index contributed by atoms with van der Waals surface area (Å²) >= 11 is 6.15. The molecule has 9 heteroatoms. The Kier molecular flexibility index (Phi) is 6.16. The van der Waals surface area contributed by atoms with Crippen LogP contribution < -0.4 is 0 Å². The Balaban J connectivity index is 1.62. The van der Waals surface area contributed by atoms with E-state index in [1.807, 2.05) is 12.1 Å². The molecule has 0 saturated heterocycles. The molecule has 5 rings (SSSR count). The van der Waals surface area contributed by atoms with Gasteiger partial charge in [-0.2, -0.15) is 0 Å². The summed E-state index contributed by atoms with van der Waals surface area (Å²) < 4.78 is 7.10. The van der Waals surface area contributed by atoms with Crippen molar-refractivity contribution in [1.29, 1.82) is 0 Å². The predicted octanol–water partition coefficient (Wildman–Crippen LogP) is 4.62. The summed E-state index contributed by atoms with van der Waals surface area (Å²) in [5, 5.41) is 10.1. The highest BCUT2D eigenvalue weighted by atomic mass is 35.5. The molecule has 0 unspecified atom stereocenters. The van der Waals surface area contributed by atoms with E-state index in [-0.39, 0.29) is 17.9 Å². The molecule has 1 aliphatic heterocycles. The number of aromatic nitrogens is 3. The van der Waals surface area contributed by atoms with Crippen LogP contribution in [0.5, 0.6) is 0 Å². The fourth-order valence-electron chi connectivity index (χ4n) is 5.35. The predicted molar refractivity (Wildman–Crippen MR) is 127 cm³/mol. The van der Waals surface area contributed by atoms with Gasteiger partial charge in [0.1, 0.15) is 11.0 Å². The number of hydrogen-bond acceptors (Lipinski definition) is 5. The zero-order valence-corrected chi connectivity index (χ0v) is 19.8. The molecule has 3 aromatic rings. The molecule has 34 heavy (non-hydrogen) atoms. The van der Waals surface area contributed by atoms with E-state index in [1.54, 1.807) is 11.0 Å². The van der Waals surface area contributed by atoms with E-state index >= 15 is 0 Å². The topological polar surface area (TPSA) is 97.5 Å². The number of carbonyl (C=O) groups excluding carboxylic acids is 1. The van der Waals surface area contributed by atoms with Crippen molar-refractivity contribution in [3.63, 3.8) is 0 Å². The Hall–Kier alpha value is -3.13. The number of halogens is 1. The average Bonchev–Trinajstić information content (AvgIpc) is 3.22. The number of amides is 1. The molecule has 3 heterocycles. The molecule has 1 fully saturated rings. The van der Waals surface area contributed by atoms with E-state index in [0.717, 1.165) is 47.4 Å². The van der Waals surface area contributed by atoms with Crippen molar-refractivity contribution >= 4 is 34.7 Å². The highest BCUT2D eigenvalue weighted by Gasteiger charge is 2.32. The fourth-order valence-corrected chi connectivity index (χ4v) is 5.54. The number of nitrogens with zero attached hydrogens (tertiary/aromatic N) is 4. The number of imidazole rings is 1. The molecular weight excluding hydrogens is 456 g/mol. The summed E-state index contributed by atoms with van der Waals surface area (Å²) in [6.45, 7) is 1.53. The van der Waals surface area contributed by atoms with Crippen molar-refractivity contribution in [2.75, 3.05) is 13.7 Å². The number of hydrogen-bond donors (Lipinski definition) is 1. The summed E-state index contributed by atoms with van der Waals surface area (Å²) in [7, 11) is 1.39. The van der Waals surface area contributed by atoms with E-state index in [0.29, 0.717) is 37.6 Å². The van der Waals surface area contributed by atoms with Gasteiger partial charge in [0.25, 0.3) is 0 Å². The fraction of sp³-hybridized carbons (Fsp3) is 0.440. The summed E-state index contributed by atoms with van der Waals surface area (Å²) in [5.41, 5.74) is 4.84. The smallest absolute Gasteiger partial charge is 0.409 e. The molecule has 1 aromatic carbocycles. The van der Waals surface area contributed by atoms with Crippen LogP contribution in [0.25, 0.3) is 11.0 Å². The average molecular weight is 483 g/mol. The third-order valence-corrected chi connectivity index (χ3v) is 7.28. The number of pyridine rings is 1. The van der Waals surface area contributed by atoms with Gasteiger partial charge in [0.15, 0.2) is 0 Å². The minimum absolute atomic E-state index is 0.0392. The molecule has 1 N–H and O–H groups in total. The van der Waals surface area contributed by atoms with E-state index < -0.39 is 5.97 Å². The lowest BCUT2D eigenvalue weighted by atomic mass is 9.81. The Labute approximate surface area is 202 Å². The SMILES string of the molecule is COC(=O)N1CCc2ccc3c(nc([C@H]4CCC[C@H](C(=O)O)C4)n3Cc3cccc(Cl)n3)c2C1. The van der Waals surface area contributed by atoms with Crippen LogP contribution in [0, 0.1) is 5.92 Å². The van der Waals surface area contributed by atoms with E-state index in [2.05, 4.69) is 21.7 Å². The quantitative estimate of drug-likeness (QED) is 0.545. The van der Waals surface area contributed by atoms with Crippen LogP contribution in [0.1, 0.15) is 54.2 Å². The highest BCUT2D eigenvalue weighted by molar-refractivity contribution is 6.29. The van der Waals surface area contributed by atoms with Gasteiger partial charge in [0, 0.05) is 18.0 Å². The number of ether oxygens (including phenoxy) is 1.